The van der Waals surface area contributed by atoms with E-state index in [4.69, 9.17) is 0 Å². The first-order valence-electron chi connectivity index (χ1n) is 6.19. The van der Waals surface area contributed by atoms with Gasteiger partial charge in [-0.3, -0.25) is 0 Å². The zero-order chi connectivity index (χ0) is 11.7. The minimum absolute atomic E-state index is 0.520. The summed E-state index contributed by atoms with van der Waals surface area (Å²) in [6, 6.07) is 0. The fourth-order valence-corrected chi connectivity index (χ4v) is 2.74. The maximum atomic E-state index is 3.60. The molecule has 0 aromatic rings. The molecule has 0 radical (unpaired) electrons. The SMILES string of the molecule is CNCC(C)CNCC1C(C)(C)C1(C)C. The van der Waals surface area contributed by atoms with E-state index in [1.807, 2.05) is 7.05 Å². The Morgan fingerprint density at radius 2 is 1.60 bits per heavy atom. The Bertz CT molecular complexity index is 195. The van der Waals surface area contributed by atoms with Crippen molar-refractivity contribution in [3.63, 3.8) is 0 Å². The van der Waals surface area contributed by atoms with Crippen molar-refractivity contribution in [2.45, 2.75) is 34.6 Å². The topological polar surface area (TPSA) is 24.1 Å². The van der Waals surface area contributed by atoms with E-state index >= 15 is 0 Å². The lowest BCUT2D eigenvalue weighted by molar-refractivity contribution is 0.457. The minimum Gasteiger partial charge on any atom is -0.319 e. The van der Waals surface area contributed by atoms with Crippen molar-refractivity contribution in [3.8, 4) is 0 Å². The highest BCUT2D eigenvalue weighted by molar-refractivity contribution is 5.12. The summed E-state index contributed by atoms with van der Waals surface area (Å²) in [5, 5.41) is 6.82. The standard InChI is InChI=1S/C13H28N2/c1-10(7-14-6)8-15-9-11-12(2,3)13(11,4)5/h10-11,14-15H,7-9H2,1-6H3. The average molecular weight is 212 g/mol. The van der Waals surface area contributed by atoms with Crippen LogP contribution in [-0.4, -0.2) is 26.7 Å². The van der Waals surface area contributed by atoms with Crippen molar-refractivity contribution in [1.29, 1.82) is 0 Å². The normalized spacial score (nSPS) is 25.2. The maximum Gasteiger partial charge on any atom is -0.000976 e. The Hall–Kier alpha value is -0.0800. The van der Waals surface area contributed by atoms with Gasteiger partial charge in [0, 0.05) is 0 Å². The molecule has 1 aliphatic carbocycles. The molecule has 15 heavy (non-hydrogen) atoms. The molecule has 2 nitrogen and oxygen atoms in total. The number of hydrogen-bond acceptors (Lipinski definition) is 2. The van der Waals surface area contributed by atoms with Gasteiger partial charge in [0.1, 0.15) is 0 Å². The highest BCUT2D eigenvalue weighted by Crippen LogP contribution is 2.67. The van der Waals surface area contributed by atoms with Gasteiger partial charge in [-0.15, -0.1) is 0 Å². The van der Waals surface area contributed by atoms with Crippen LogP contribution < -0.4 is 10.6 Å². The molecule has 0 amide bonds. The summed E-state index contributed by atoms with van der Waals surface area (Å²) >= 11 is 0. The first-order chi connectivity index (χ1) is 6.84. The molecule has 0 aliphatic heterocycles. The first kappa shape index (κ1) is 13.0. The van der Waals surface area contributed by atoms with Gasteiger partial charge in [0.25, 0.3) is 0 Å². The second-order valence-corrected chi connectivity index (χ2v) is 6.32. The van der Waals surface area contributed by atoms with Gasteiger partial charge < -0.3 is 10.6 Å². The number of hydrogen-bond donors (Lipinski definition) is 2. The molecular weight excluding hydrogens is 184 g/mol. The van der Waals surface area contributed by atoms with Crippen molar-refractivity contribution in [1.82, 2.24) is 10.6 Å². The molecule has 2 N–H and O–H groups in total. The van der Waals surface area contributed by atoms with E-state index in [-0.39, 0.29) is 0 Å². The van der Waals surface area contributed by atoms with E-state index in [9.17, 15) is 0 Å². The third-order valence-electron chi connectivity index (χ3n) is 4.71. The molecule has 0 heterocycles. The second-order valence-electron chi connectivity index (χ2n) is 6.32. The van der Waals surface area contributed by atoms with Crippen molar-refractivity contribution in [2.75, 3.05) is 26.7 Å². The quantitative estimate of drug-likeness (QED) is 0.705. The molecule has 1 saturated carbocycles. The summed E-state index contributed by atoms with van der Waals surface area (Å²) in [6.45, 7) is 15.2. The minimum atomic E-state index is 0.520. The fourth-order valence-electron chi connectivity index (χ4n) is 2.74. The predicted molar refractivity (Wildman–Crippen MR) is 67.0 cm³/mol. The van der Waals surface area contributed by atoms with Crippen LogP contribution in [0.5, 0.6) is 0 Å². The smallest absolute Gasteiger partial charge is 0.000976 e. The molecule has 1 fully saturated rings. The van der Waals surface area contributed by atoms with Gasteiger partial charge >= 0.3 is 0 Å². The predicted octanol–water partition coefficient (Wildman–Crippen LogP) is 2.11. The van der Waals surface area contributed by atoms with E-state index in [1.54, 1.807) is 0 Å². The third-order valence-corrected chi connectivity index (χ3v) is 4.71. The number of rotatable bonds is 6. The van der Waals surface area contributed by atoms with Crippen LogP contribution in [0.4, 0.5) is 0 Å². The summed E-state index contributed by atoms with van der Waals surface area (Å²) < 4.78 is 0. The van der Waals surface area contributed by atoms with Crippen LogP contribution in [0.1, 0.15) is 34.6 Å². The van der Waals surface area contributed by atoms with Gasteiger partial charge in [-0.25, -0.2) is 0 Å². The van der Waals surface area contributed by atoms with Gasteiger partial charge in [-0.1, -0.05) is 34.6 Å². The van der Waals surface area contributed by atoms with E-state index in [1.165, 1.54) is 6.54 Å². The highest BCUT2D eigenvalue weighted by Gasteiger charge is 2.63. The molecule has 0 aromatic heterocycles. The van der Waals surface area contributed by atoms with Crippen molar-refractivity contribution in [3.05, 3.63) is 0 Å². The fraction of sp³-hybridized carbons (Fsp3) is 1.00. The van der Waals surface area contributed by atoms with E-state index in [0.717, 1.165) is 24.9 Å². The summed E-state index contributed by atoms with van der Waals surface area (Å²) in [7, 11) is 2.02. The molecular formula is C13H28N2. The van der Waals surface area contributed by atoms with Crippen LogP contribution in [0.25, 0.3) is 0 Å². The third kappa shape index (κ3) is 2.54. The first-order valence-corrected chi connectivity index (χ1v) is 6.19. The van der Waals surface area contributed by atoms with Crippen molar-refractivity contribution in [2.24, 2.45) is 22.7 Å². The molecule has 1 rings (SSSR count). The Balaban J connectivity index is 2.18. The molecule has 1 aliphatic rings. The van der Waals surface area contributed by atoms with E-state index in [2.05, 4.69) is 45.3 Å². The molecule has 0 aromatic carbocycles. The molecule has 90 valence electrons. The second kappa shape index (κ2) is 4.42. The molecule has 1 unspecified atom stereocenters. The lowest BCUT2D eigenvalue weighted by Crippen LogP contribution is -2.29. The lowest BCUT2D eigenvalue weighted by atomic mass is 10.0. The number of nitrogens with one attached hydrogen (secondary N) is 2. The van der Waals surface area contributed by atoms with Crippen LogP contribution in [0.3, 0.4) is 0 Å². The largest absolute Gasteiger partial charge is 0.319 e. The molecule has 2 heteroatoms. The highest BCUT2D eigenvalue weighted by atomic mass is 14.9. The molecule has 0 saturated heterocycles. The van der Waals surface area contributed by atoms with Crippen LogP contribution in [0.15, 0.2) is 0 Å². The van der Waals surface area contributed by atoms with Gasteiger partial charge in [-0.05, 0) is 49.3 Å². The lowest BCUT2D eigenvalue weighted by Gasteiger charge is -2.12. The summed E-state index contributed by atoms with van der Waals surface area (Å²) in [5.74, 6) is 1.56. The average Bonchev–Trinajstić information content (AvgIpc) is 2.48. The monoisotopic (exact) mass is 212 g/mol. The Morgan fingerprint density at radius 1 is 1.07 bits per heavy atom. The summed E-state index contributed by atoms with van der Waals surface area (Å²) in [6.07, 6.45) is 0. The van der Waals surface area contributed by atoms with Gasteiger partial charge in [0.05, 0.1) is 0 Å². The Morgan fingerprint density at radius 3 is 2.00 bits per heavy atom. The van der Waals surface area contributed by atoms with Crippen molar-refractivity contribution < 1.29 is 0 Å². The summed E-state index contributed by atoms with van der Waals surface area (Å²) in [5.41, 5.74) is 1.04. The van der Waals surface area contributed by atoms with Gasteiger partial charge in [0.15, 0.2) is 0 Å². The van der Waals surface area contributed by atoms with Crippen LogP contribution in [0.2, 0.25) is 0 Å². The zero-order valence-electron chi connectivity index (χ0n) is 11.3. The molecule has 0 spiro atoms. The summed E-state index contributed by atoms with van der Waals surface area (Å²) in [4.78, 5) is 0. The van der Waals surface area contributed by atoms with Crippen LogP contribution in [-0.2, 0) is 0 Å². The Kier molecular flexibility index (Phi) is 3.83. The van der Waals surface area contributed by atoms with Crippen LogP contribution in [0, 0.1) is 22.7 Å². The maximum absolute atomic E-state index is 3.60. The molecule has 1 atom stereocenters. The van der Waals surface area contributed by atoms with Gasteiger partial charge in [-0.2, -0.15) is 0 Å². The van der Waals surface area contributed by atoms with Crippen molar-refractivity contribution >= 4 is 0 Å². The van der Waals surface area contributed by atoms with Gasteiger partial charge in [0.2, 0.25) is 0 Å². The van der Waals surface area contributed by atoms with Crippen LogP contribution >= 0.6 is 0 Å². The Labute approximate surface area is 95.2 Å². The zero-order valence-corrected chi connectivity index (χ0v) is 11.3. The van der Waals surface area contributed by atoms with E-state index in [0.29, 0.717) is 10.8 Å². The molecule has 0 bridgehead atoms. The van der Waals surface area contributed by atoms with E-state index < -0.39 is 0 Å².